The van der Waals surface area contributed by atoms with Crippen molar-refractivity contribution in [3.05, 3.63) is 59.9 Å². The third-order valence-electron chi connectivity index (χ3n) is 7.81. The standard InChI is InChI=1S/C33H44N6O5S/c1-22(2)30-32-36-31(24-10-7-6-8-11-24)37-39(32)18-17-38(29(41)21-23-13-14-26(43-3)27(20-23)44-4)16-9-12-28(40)34-25(15-19-45-5)33(42)35-30/h6-8,10-11,13-14,20,22,25,30H,9,12,15-19,21H2,1-5H3,(H,34,40)(H,35,42)/t25-,30+/m0/s1. The normalized spacial score (nSPS) is 18.0. The van der Waals surface area contributed by atoms with Crippen molar-refractivity contribution in [2.24, 2.45) is 5.92 Å². The van der Waals surface area contributed by atoms with Gasteiger partial charge in [0.1, 0.15) is 6.04 Å². The third-order valence-corrected chi connectivity index (χ3v) is 8.45. The number of benzene rings is 2. The molecular weight excluding hydrogens is 592 g/mol. The molecule has 4 rings (SSSR count). The Morgan fingerprint density at radius 3 is 2.47 bits per heavy atom. The molecule has 2 heterocycles. The van der Waals surface area contributed by atoms with Crippen molar-refractivity contribution in [3.8, 4) is 22.9 Å². The van der Waals surface area contributed by atoms with Crippen LogP contribution in [0.1, 0.15) is 50.5 Å². The quantitative estimate of drug-likeness (QED) is 0.363. The Labute approximate surface area is 269 Å². The van der Waals surface area contributed by atoms with Crippen LogP contribution in [0.3, 0.4) is 0 Å². The monoisotopic (exact) mass is 636 g/mol. The Bertz CT molecular complexity index is 1450. The molecule has 1 aliphatic heterocycles. The van der Waals surface area contributed by atoms with Crippen molar-refractivity contribution in [1.82, 2.24) is 30.3 Å². The fraction of sp³-hybridized carbons (Fsp3) is 0.485. The molecule has 2 aromatic carbocycles. The van der Waals surface area contributed by atoms with Crippen LogP contribution in [-0.4, -0.2) is 82.7 Å². The molecule has 0 bridgehead atoms. The van der Waals surface area contributed by atoms with Crippen LogP contribution in [0.4, 0.5) is 0 Å². The zero-order chi connectivity index (χ0) is 32.3. The number of rotatable bonds is 9. The zero-order valence-electron chi connectivity index (χ0n) is 26.7. The Morgan fingerprint density at radius 2 is 1.78 bits per heavy atom. The molecule has 1 aromatic heterocycles. The summed E-state index contributed by atoms with van der Waals surface area (Å²) in [5.41, 5.74) is 1.65. The molecule has 0 unspecified atom stereocenters. The largest absolute Gasteiger partial charge is 0.493 e. The first-order valence-electron chi connectivity index (χ1n) is 15.3. The predicted molar refractivity (Wildman–Crippen MR) is 175 cm³/mol. The summed E-state index contributed by atoms with van der Waals surface area (Å²) < 4.78 is 12.6. The number of methoxy groups -OCH3 is 2. The average Bonchev–Trinajstić information content (AvgIpc) is 3.46. The highest BCUT2D eigenvalue weighted by Crippen LogP contribution is 2.28. The van der Waals surface area contributed by atoms with Crippen molar-refractivity contribution < 1.29 is 23.9 Å². The average molecular weight is 637 g/mol. The highest BCUT2D eigenvalue weighted by atomic mass is 32.2. The molecule has 3 amide bonds. The van der Waals surface area contributed by atoms with Gasteiger partial charge in [-0.3, -0.25) is 14.4 Å². The topological polar surface area (TPSA) is 128 Å². The van der Waals surface area contributed by atoms with Gasteiger partial charge in [0.05, 0.1) is 33.2 Å². The van der Waals surface area contributed by atoms with Crippen molar-refractivity contribution in [2.45, 2.75) is 58.2 Å². The van der Waals surface area contributed by atoms with E-state index in [1.54, 1.807) is 43.0 Å². The molecule has 3 aromatic rings. The molecule has 0 aliphatic carbocycles. The van der Waals surface area contributed by atoms with Crippen molar-refractivity contribution in [1.29, 1.82) is 0 Å². The van der Waals surface area contributed by atoms with Crippen molar-refractivity contribution in [3.63, 3.8) is 0 Å². The van der Waals surface area contributed by atoms with E-state index in [1.165, 1.54) is 0 Å². The molecule has 0 saturated carbocycles. The van der Waals surface area contributed by atoms with Crippen LogP contribution in [0.5, 0.6) is 11.5 Å². The molecular formula is C33H44N6O5S. The molecule has 12 heteroatoms. The summed E-state index contributed by atoms with van der Waals surface area (Å²) in [6, 6.07) is 14.0. The molecule has 11 nitrogen and oxygen atoms in total. The first kappa shape index (κ1) is 33.8. The fourth-order valence-corrected chi connectivity index (χ4v) is 5.77. The number of aromatic nitrogens is 3. The van der Waals surface area contributed by atoms with Gasteiger partial charge in [0.2, 0.25) is 17.7 Å². The van der Waals surface area contributed by atoms with Gasteiger partial charge in [0.25, 0.3) is 0 Å². The molecule has 45 heavy (non-hydrogen) atoms. The Kier molecular flexibility index (Phi) is 12.3. The smallest absolute Gasteiger partial charge is 0.243 e. The molecule has 0 fully saturated rings. The van der Waals surface area contributed by atoms with Crippen LogP contribution in [0.25, 0.3) is 11.4 Å². The maximum absolute atomic E-state index is 13.7. The zero-order valence-corrected chi connectivity index (χ0v) is 27.6. The maximum Gasteiger partial charge on any atom is 0.243 e. The van der Waals surface area contributed by atoms with Crippen LogP contribution in [-0.2, 0) is 27.3 Å². The van der Waals surface area contributed by atoms with Gasteiger partial charge in [-0.1, -0.05) is 50.2 Å². The van der Waals surface area contributed by atoms with E-state index < -0.39 is 12.1 Å². The number of hydrogen-bond donors (Lipinski definition) is 2. The van der Waals surface area contributed by atoms with Gasteiger partial charge in [-0.2, -0.15) is 16.9 Å². The number of ether oxygens (including phenoxy) is 2. The Hall–Kier alpha value is -4.06. The van der Waals surface area contributed by atoms with Crippen molar-refractivity contribution >= 4 is 29.5 Å². The first-order valence-corrected chi connectivity index (χ1v) is 16.7. The molecule has 1 aliphatic rings. The molecule has 242 valence electrons. The Morgan fingerprint density at radius 1 is 1.02 bits per heavy atom. The highest BCUT2D eigenvalue weighted by Gasteiger charge is 2.30. The minimum absolute atomic E-state index is 0.0203. The second kappa shape index (κ2) is 16.3. The van der Waals surface area contributed by atoms with Crippen molar-refractivity contribution in [2.75, 3.05) is 39.3 Å². The summed E-state index contributed by atoms with van der Waals surface area (Å²) in [4.78, 5) is 47.0. The minimum Gasteiger partial charge on any atom is -0.493 e. The summed E-state index contributed by atoms with van der Waals surface area (Å²) >= 11 is 1.62. The van der Waals surface area contributed by atoms with Crippen LogP contribution in [0, 0.1) is 5.92 Å². The lowest BCUT2D eigenvalue weighted by molar-refractivity contribution is -0.131. The number of nitrogens with zero attached hydrogens (tertiary/aromatic N) is 4. The maximum atomic E-state index is 13.7. The lowest BCUT2D eigenvalue weighted by atomic mass is 10.0. The summed E-state index contributed by atoms with van der Waals surface area (Å²) in [6.07, 6.45) is 3.29. The van der Waals surface area contributed by atoms with Gasteiger partial charge in [-0.25, -0.2) is 9.67 Å². The van der Waals surface area contributed by atoms with Gasteiger partial charge in [-0.15, -0.1) is 0 Å². The summed E-state index contributed by atoms with van der Waals surface area (Å²) in [5.74, 6) is 2.47. The third kappa shape index (κ3) is 9.00. The Balaban J connectivity index is 1.68. The predicted octanol–water partition coefficient (Wildman–Crippen LogP) is 3.88. The molecule has 0 spiro atoms. The lowest BCUT2D eigenvalue weighted by Gasteiger charge is -2.28. The molecule has 0 radical (unpaired) electrons. The summed E-state index contributed by atoms with van der Waals surface area (Å²) in [7, 11) is 3.13. The number of amides is 3. The number of hydrogen-bond acceptors (Lipinski definition) is 8. The number of carbonyl (C=O) groups excluding carboxylic acids is 3. The van der Waals surface area contributed by atoms with E-state index in [-0.39, 0.29) is 36.5 Å². The van der Waals surface area contributed by atoms with E-state index in [0.29, 0.717) is 55.6 Å². The highest BCUT2D eigenvalue weighted by molar-refractivity contribution is 7.98. The van der Waals surface area contributed by atoms with Gasteiger partial charge in [0, 0.05) is 25.1 Å². The molecule has 2 N–H and O–H groups in total. The molecule has 0 saturated heterocycles. The SMILES string of the molecule is COc1ccc(CC(=O)N2CCCC(=O)N[C@@H](CCSC)C(=O)N[C@H](C(C)C)c3nc(-c4ccccc4)nn3CC2)cc1OC. The van der Waals surface area contributed by atoms with E-state index in [9.17, 15) is 14.4 Å². The number of fused-ring (bicyclic) bond motifs is 1. The first-order chi connectivity index (χ1) is 21.7. The van der Waals surface area contributed by atoms with Gasteiger partial charge in [0.15, 0.2) is 23.1 Å². The van der Waals surface area contributed by atoms with E-state index in [4.69, 9.17) is 19.6 Å². The van der Waals surface area contributed by atoms with E-state index in [1.807, 2.05) is 61.2 Å². The number of carbonyl (C=O) groups is 3. The summed E-state index contributed by atoms with van der Waals surface area (Å²) in [5, 5.41) is 11.0. The molecule has 2 atom stereocenters. The van der Waals surface area contributed by atoms with Crippen LogP contribution in [0.15, 0.2) is 48.5 Å². The second-order valence-corrected chi connectivity index (χ2v) is 12.4. The van der Waals surface area contributed by atoms with Crippen LogP contribution in [0.2, 0.25) is 0 Å². The van der Waals surface area contributed by atoms with Gasteiger partial charge >= 0.3 is 0 Å². The van der Waals surface area contributed by atoms with Gasteiger partial charge < -0.3 is 25.0 Å². The number of nitrogens with one attached hydrogen (secondary N) is 2. The van der Waals surface area contributed by atoms with E-state index in [2.05, 4.69) is 10.6 Å². The lowest BCUT2D eigenvalue weighted by Crippen LogP contribution is -2.49. The van der Waals surface area contributed by atoms with E-state index >= 15 is 0 Å². The second-order valence-electron chi connectivity index (χ2n) is 11.4. The minimum atomic E-state index is -0.679. The summed E-state index contributed by atoms with van der Waals surface area (Å²) in [6.45, 7) is 5.14. The fourth-order valence-electron chi connectivity index (χ4n) is 5.30. The van der Waals surface area contributed by atoms with Gasteiger partial charge in [-0.05, 0) is 48.5 Å². The van der Waals surface area contributed by atoms with E-state index in [0.717, 1.165) is 16.9 Å². The number of thioether (sulfide) groups is 1. The van der Waals surface area contributed by atoms with Crippen LogP contribution >= 0.6 is 11.8 Å². The van der Waals surface area contributed by atoms with Crippen LogP contribution < -0.4 is 20.1 Å².